The van der Waals surface area contributed by atoms with Gasteiger partial charge in [-0.2, -0.15) is 0 Å². The summed E-state index contributed by atoms with van der Waals surface area (Å²) in [7, 11) is 3.14. The maximum Gasteiger partial charge on any atom is 0.257 e. The Balaban J connectivity index is 1.59. The van der Waals surface area contributed by atoms with Gasteiger partial charge >= 0.3 is 0 Å². The lowest BCUT2D eigenvalue weighted by Gasteiger charge is -2.11. The molecule has 8 nitrogen and oxygen atoms in total. The third-order valence-electron chi connectivity index (χ3n) is 5.69. The molecule has 0 saturated heterocycles. The third kappa shape index (κ3) is 4.08. The SMILES string of the molecule is COc1ccc(CNC(=O)c2c(N)n(-c3cccc(Cl)c3)c3nc4ccccc4nc23)cc1OC. The molecular weight excluding hydrogens is 466 g/mol. The van der Waals surface area contributed by atoms with E-state index in [1.165, 1.54) is 0 Å². The van der Waals surface area contributed by atoms with Crippen molar-refractivity contribution < 1.29 is 14.3 Å². The van der Waals surface area contributed by atoms with Crippen molar-refractivity contribution in [2.45, 2.75) is 6.54 Å². The van der Waals surface area contributed by atoms with Crippen LogP contribution in [-0.4, -0.2) is 34.7 Å². The molecule has 3 N–H and O–H groups in total. The number of hydrogen-bond acceptors (Lipinski definition) is 6. The van der Waals surface area contributed by atoms with Crippen LogP contribution in [0.2, 0.25) is 5.02 Å². The summed E-state index contributed by atoms with van der Waals surface area (Å²) in [6.07, 6.45) is 0. The summed E-state index contributed by atoms with van der Waals surface area (Å²) in [6.45, 7) is 0.253. The van der Waals surface area contributed by atoms with Crippen molar-refractivity contribution in [3.05, 3.63) is 82.9 Å². The van der Waals surface area contributed by atoms with Gasteiger partial charge in [0.05, 0.1) is 30.9 Å². The summed E-state index contributed by atoms with van der Waals surface area (Å²) in [4.78, 5) is 22.9. The first-order chi connectivity index (χ1) is 17.0. The number of benzene rings is 3. The number of amides is 1. The molecule has 0 saturated carbocycles. The highest BCUT2D eigenvalue weighted by molar-refractivity contribution is 6.30. The van der Waals surface area contributed by atoms with E-state index >= 15 is 0 Å². The van der Waals surface area contributed by atoms with Crippen molar-refractivity contribution in [3.63, 3.8) is 0 Å². The van der Waals surface area contributed by atoms with Crippen LogP contribution in [0.4, 0.5) is 5.82 Å². The van der Waals surface area contributed by atoms with Gasteiger partial charge in [0, 0.05) is 11.6 Å². The number of halogens is 1. The van der Waals surface area contributed by atoms with E-state index in [9.17, 15) is 4.79 Å². The molecule has 1 amide bonds. The smallest absolute Gasteiger partial charge is 0.257 e. The van der Waals surface area contributed by atoms with Gasteiger partial charge in [0.15, 0.2) is 17.1 Å². The van der Waals surface area contributed by atoms with Crippen LogP contribution in [-0.2, 0) is 6.54 Å². The number of carbonyl (C=O) groups excluding carboxylic acids is 1. The highest BCUT2D eigenvalue weighted by Gasteiger charge is 2.25. The van der Waals surface area contributed by atoms with Crippen LogP contribution >= 0.6 is 11.6 Å². The number of para-hydroxylation sites is 2. The van der Waals surface area contributed by atoms with E-state index in [2.05, 4.69) is 5.32 Å². The van der Waals surface area contributed by atoms with E-state index in [0.717, 1.165) is 5.56 Å². The predicted molar refractivity (Wildman–Crippen MR) is 137 cm³/mol. The molecule has 5 aromatic rings. The molecule has 0 aliphatic carbocycles. The Kier molecular flexibility index (Phi) is 5.88. The molecule has 0 unspecified atom stereocenters. The van der Waals surface area contributed by atoms with Gasteiger partial charge in [0.2, 0.25) is 0 Å². The fraction of sp³-hybridized carbons (Fsp3) is 0.115. The Hall–Kier alpha value is -4.30. The van der Waals surface area contributed by atoms with Crippen molar-refractivity contribution >= 4 is 45.5 Å². The largest absolute Gasteiger partial charge is 0.493 e. The Labute approximate surface area is 206 Å². The van der Waals surface area contributed by atoms with Gasteiger partial charge in [-0.15, -0.1) is 0 Å². The Morgan fingerprint density at radius 3 is 2.43 bits per heavy atom. The number of nitrogens with one attached hydrogen (secondary N) is 1. The van der Waals surface area contributed by atoms with Crippen LogP contribution in [0.5, 0.6) is 11.5 Å². The lowest BCUT2D eigenvalue weighted by atomic mass is 10.2. The van der Waals surface area contributed by atoms with Crippen molar-refractivity contribution in [1.82, 2.24) is 19.9 Å². The van der Waals surface area contributed by atoms with Crippen LogP contribution in [0.15, 0.2) is 66.7 Å². The number of hydrogen-bond donors (Lipinski definition) is 2. The van der Waals surface area contributed by atoms with Gasteiger partial charge in [-0.3, -0.25) is 9.36 Å². The number of ether oxygens (including phenoxy) is 2. The van der Waals surface area contributed by atoms with Crippen LogP contribution in [0.1, 0.15) is 15.9 Å². The molecule has 35 heavy (non-hydrogen) atoms. The van der Waals surface area contributed by atoms with E-state index in [4.69, 9.17) is 36.8 Å². The van der Waals surface area contributed by atoms with Gasteiger partial charge in [0.25, 0.3) is 5.91 Å². The molecule has 0 aliphatic rings. The molecule has 0 aliphatic heterocycles. The minimum absolute atomic E-state index is 0.224. The van der Waals surface area contributed by atoms with Crippen LogP contribution < -0.4 is 20.5 Å². The quantitative estimate of drug-likeness (QED) is 0.358. The summed E-state index contributed by atoms with van der Waals surface area (Å²) in [5.41, 5.74) is 10.6. The monoisotopic (exact) mass is 487 g/mol. The number of anilines is 1. The second-order valence-electron chi connectivity index (χ2n) is 7.83. The lowest BCUT2D eigenvalue weighted by molar-refractivity contribution is 0.0953. The molecule has 176 valence electrons. The number of fused-ring (bicyclic) bond motifs is 2. The lowest BCUT2D eigenvalue weighted by Crippen LogP contribution is -2.24. The Morgan fingerprint density at radius 1 is 0.971 bits per heavy atom. The van der Waals surface area contributed by atoms with Gasteiger partial charge < -0.3 is 20.5 Å². The van der Waals surface area contributed by atoms with Crippen LogP contribution in [0, 0.1) is 0 Å². The maximum absolute atomic E-state index is 13.4. The summed E-state index contributed by atoms with van der Waals surface area (Å²) in [5.74, 6) is 1.04. The molecule has 2 aromatic heterocycles. The first kappa shape index (κ1) is 22.5. The van der Waals surface area contributed by atoms with E-state index < -0.39 is 0 Å². The normalized spacial score (nSPS) is 11.1. The molecule has 9 heteroatoms. The zero-order valence-corrected chi connectivity index (χ0v) is 19.8. The average Bonchev–Trinajstić information content (AvgIpc) is 3.16. The number of nitrogen functional groups attached to an aromatic ring is 1. The highest BCUT2D eigenvalue weighted by Crippen LogP contribution is 2.32. The number of carbonyl (C=O) groups is 1. The van der Waals surface area contributed by atoms with Crippen LogP contribution in [0.25, 0.3) is 27.9 Å². The van der Waals surface area contributed by atoms with Gasteiger partial charge in [-0.1, -0.05) is 35.9 Å². The second kappa shape index (κ2) is 9.15. The van der Waals surface area contributed by atoms with Gasteiger partial charge in [-0.25, -0.2) is 9.97 Å². The summed E-state index contributed by atoms with van der Waals surface area (Å²) >= 11 is 6.24. The zero-order valence-electron chi connectivity index (χ0n) is 19.1. The van der Waals surface area contributed by atoms with Crippen molar-refractivity contribution in [2.75, 3.05) is 20.0 Å². The molecule has 0 fully saturated rings. The van der Waals surface area contributed by atoms with E-state index in [-0.39, 0.29) is 23.8 Å². The van der Waals surface area contributed by atoms with Gasteiger partial charge in [-0.05, 0) is 48.0 Å². The molecule has 0 radical (unpaired) electrons. The number of methoxy groups -OCH3 is 2. The standard InChI is InChI=1S/C26H22ClN5O3/c1-34-20-11-10-15(12-21(20)35-2)14-29-26(33)22-23-25(31-19-9-4-3-8-18(19)30-23)32(24(22)28)17-7-5-6-16(27)13-17/h3-13H,14,28H2,1-2H3,(H,29,33). The molecule has 3 aromatic carbocycles. The number of rotatable bonds is 6. The first-order valence-corrected chi connectivity index (χ1v) is 11.2. The summed E-state index contributed by atoms with van der Waals surface area (Å²) in [5, 5.41) is 3.48. The molecule has 0 atom stereocenters. The average molecular weight is 488 g/mol. The minimum Gasteiger partial charge on any atom is -0.493 e. The summed E-state index contributed by atoms with van der Waals surface area (Å²) < 4.78 is 12.3. The Morgan fingerprint density at radius 2 is 1.71 bits per heavy atom. The topological polar surface area (TPSA) is 104 Å². The molecular formula is C26H22ClN5O3. The third-order valence-corrected chi connectivity index (χ3v) is 5.93. The molecule has 0 bridgehead atoms. The van der Waals surface area contributed by atoms with Crippen LogP contribution in [0.3, 0.4) is 0 Å². The zero-order chi connectivity index (χ0) is 24.5. The van der Waals surface area contributed by atoms with Crippen molar-refractivity contribution in [3.8, 4) is 17.2 Å². The van der Waals surface area contributed by atoms with E-state index in [0.29, 0.717) is 44.4 Å². The fourth-order valence-electron chi connectivity index (χ4n) is 4.02. The molecule has 2 heterocycles. The van der Waals surface area contributed by atoms with E-state index in [1.54, 1.807) is 37.0 Å². The predicted octanol–water partition coefficient (Wildman–Crippen LogP) is 4.76. The number of nitrogens with zero attached hydrogens (tertiary/aromatic N) is 3. The Bertz CT molecular complexity index is 1580. The maximum atomic E-state index is 13.4. The van der Waals surface area contributed by atoms with Crippen molar-refractivity contribution in [2.24, 2.45) is 0 Å². The first-order valence-electron chi connectivity index (χ1n) is 10.8. The van der Waals surface area contributed by atoms with Gasteiger partial charge in [0.1, 0.15) is 16.9 Å². The van der Waals surface area contributed by atoms with Crippen molar-refractivity contribution in [1.29, 1.82) is 0 Å². The fourth-order valence-corrected chi connectivity index (χ4v) is 4.21. The molecule has 0 spiro atoms. The second-order valence-corrected chi connectivity index (χ2v) is 8.27. The highest BCUT2D eigenvalue weighted by atomic mass is 35.5. The minimum atomic E-state index is -0.368. The number of aromatic nitrogens is 3. The number of nitrogens with two attached hydrogens (primary N) is 1. The summed E-state index contributed by atoms with van der Waals surface area (Å²) in [6, 6.07) is 20.1. The van der Waals surface area contributed by atoms with E-state index in [1.807, 2.05) is 48.5 Å². The molecule has 5 rings (SSSR count).